The summed E-state index contributed by atoms with van der Waals surface area (Å²) in [6.07, 6.45) is 2.29. The maximum atomic E-state index is 12.6. The molecule has 0 bridgehead atoms. The number of pyridine rings is 1. The number of thiazole rings is 1. The van der Waals surface area contributed by atoms with Crippen molar-refractivity contribution >= 4 is 23.0 Å². The summed E-state index contributed by atoms with van der Waals surface area (Å²) in [5.41, 5.74) is 10.6. The quantitative estimate of drug-likeness (QED) is 0.707. The van der Waals surface area contributed by atoms with Gasteiger partial charge in [-0.3, -0.25) is 14.8 Å². The average Bonchev–Trinajstić information content (AvgIpc) is 3.30. The molecule has 0 N–H and O–H groups in total. The van der Waals surface area contributed by atoms with Crippen LogP contribution < -0.4 is 0 Å². The SMILES string of the molecule is Cc1cc(C2=NCc3cc4c(cc32)CN(Cc2cscn2)C(=O)C4)ccn1. The zero-order valence-corrected chi connectivity index (χ0v) is 15.8. The maximum absolute atomic E-state index is 12.6. The monoisotopic (exact) mass is 374 g/mol. The van der Waals surface area contributed by atoms with Gasteiger partial charge >= 0.3 is 0 Å². The smallest absolute Gasteiger partial charge is 0.227 e. The van der Waals surface area contributed by atoms with Crippen LogP contribution in [0.3, 0.4) is 0 Å². The standard InChI is InChI=1S/C21H18N4OS/c1-13-4-14(2-3-22-13)21-19-6-17-9-25(10-18-11-27-12-24-18)20(26)7-15(17)5-16(19)8-23-21/h2-6,11-12H,7-10H2,1H3. The summed E-state index contributed by atoms with van der Waals surface area (Å²) in [6, 6.07) is 8.49. The van der Waals surface area contributed by atoms with Crippen molar-refractivity contribution in [1.82, 2.24) is 14.9 Å². The largest absolute Gasteiger partial charge is 0.332 e. The lowest BCUT2D eigenvalue weighted by atomic mass is 9.91. The lowest BCUT2D eigenvalue weighted by Crippen LogP contribution is -2.36. The molecular weight excluding hydrogens is 356 g/mol. The Labute approximate surface area is 161 Å². The summed E-state index contributed by atoms with van der Waals surface area (Å²) in [7, 11) is 0. The first-order chi connectivity index (χ1) is 13.2. The van der Waals surface area contributed by atoms with Crippen molar-refractivity contribution in [3.8, 4) is 0 Å². The van der Waals surface area contributed by atoms with Gasteiger partial charge in [-0.25, -0.2) is 4.98 Å². The number of carbonyl (C=O) groups is 1. The van der Waals surface area contributed by atoms with Crippen molar-refractivity contribution in [3.63, 3.8) is 0 Å². The summed E-state index contributed by atoms with van der Waals surface area (Å²) in [5.74, 6) is 0.166. The van der Waals surface area contributed by atoms with Crippen molar-refractivity contribution in [3.05, 3.63) is 80.6 Å². The molecule has 2 aliphatic heterocycles. The van der Waals surface area contributed by atoms with Crippen molar-refractivity contribution in [2.45, 2.75) is 33.0 Å². The summed E-state index contributed by atoms with van der Waals surface area (Å²) >= 11 is 1.56. The molecule has 0 saturated carbocycles. The molecule has 6 heteroatoms. The van der Waals surface area contributed by atoms with Gasteiger partial charge in [-0.05, 0) is 41.8 Å². The van der Waals surface area contributed by atoms with Gasteiger partial charge in [-0.15, -0.1) is 11.3 Å². The van der Waals surface area contributed by atoms with Gasteiger partial charge in [0.25, 0.3) is 0 Å². The Hall–Kier alpha value is -2.86. The van der Waals surface area contributed by atoms with Crippen molar-refractivity contribution in [1.29, 1.82) is 0 Å². The number of fused-ring (bicyclic) bond motifs is 2. The minimum absolute atomic E-state index is 0.166. The van der Waals surface area contributed by atoms with E-state index in [-0.39, 0.29) is 5.91 Å². The molecule has 1 amide bonds. The van der Waals surface area contributed by atoms with E-state index in [1.54, 1.807) is 11.3 Å². The molecule has 0 radical (unpaired) electrons. The Morgan fingerprint density at radius 3 is 2.89 bits per heavy atom. The topological polar surface area (TPSA) is 58.5 Å². The highest BCUT2D eigenvalue weighted by molar-refractivity contribution is 7.07. The van der Waals surface area contributed by atoms with Crippen molar-refractivity contribution < 1.29 is 4.79 Å². The highest BCUT2D eigenvalue weighted by Gasteiger charge is 2.27. The molecule has 4 heterocycles. The van der Waals surface area contributed by atoms with Gasteiger partial charge < -0.3 is 4.90 Å². The van der Waals surface area contributed by atoms with E-state index in [0.717, 1.165) is 28.2 Å². The van der Waals surface area contributed by atoms with E-state index >= 15 is 0 Å². The number of amides is 1. The number of carbonyl (C=O) groups excluding carboxylic acids is 1. The predicted octanol–water partition coefficient (Wildman–Crippen LogP) is 3.28. The van der Waals surface area contributed by atoms with Gasteiger partial charge in [0.15, 0.2) is 0 Å². The Balaban J connectivity index is 1.48. The average molecular weight is 374 g/mol. The van der Waals surface area contributed by atoms with E-state index in [0.29, 0.717) is 26.1 Å². The molecule has 2 aromatic heterocycles. The number of aromatic nitrogens is 2. The third-order valence-corrected chi connectivity index (χ3v) is 5.79. The number of aliphatic imine (C=N–C) groups is 1. The second kappa shape index (κ2) is 6.39. The molecule has 5 nitrogen and oxygen atoms in total. The fraction of sp³-hybridized carbons (Fsp3) is 0.238. The fourth-order valence-corrected chi connectivity index (χ4v) is 4.37. The van der Waals surface area contributed by atoms with E-state index in [2.05, 4.69) is 28.2 Å². The van der Waals surface area contributed by atoms with Gasteiger partial charge in [0.1, 0.15) is 0 Å². The lowest BCUT2D eigenvalue weighted by Gasteiger charge is -2.29. The van der Waals surface area contributed by atoms with Crippen molar-refractivity contribution in [2.24, 2.45) is 4.99 Å². The normalized spacial score (nSPS) is 15.5. The van der Waals surface area contributed by atoms with Gasteiger partial charge in [0, 0.05) is 34.9 Å². The summed E-state index contributed by atoms with van der Waals surface area (Å²) < 4.78 is 0. The molecule has 5 rings (SSSR count). The van der Waals surface area contributed by atoms with Crippen LogP contribution in [0.15, 0.2) is 46.3 Å². The van der Waals surface area contributed by atoms with Crippen LogP contribution in [0, 0.1) is 6.92 Å². The number of nitrogens with zero attached hydrogens (tertiary/aromatic N) is 4. The van der Waals surface area contributed by atoms with Gasteiger partial charge in [0.05, 0.1) is 36.4 Å². The van der Waals surface area contributed by atoms with E-state index in [1.165, 1.54) is 16.7 Å². The fourth-order valence-electron chi connectivity index (χ4n) is 3.82. The van der Waals surface area contributed by atoms with E-state index in [9.17, 15) is 4.79 Å². The molecule has 0 atom stereocenters. The Bertz CT molecular complexity index is 1070. The van der Waals surface area contributed by atoms with Crippen LogP contribution in [0.25, 0.3) is 0 Å². The highest BCUT2D eigenvalue weighted by atomic mass is 32.1. The van der Waals surface area contributed by atoms with Gasteiger partial charge in [0.2, 0.25) is 5.91 Å². The van der Waals surface area contributed by atoms with Crippen LogP contribution in [-0.2, 0) is 30.8 Å². The molecule has 3 aromatic rings. The summed E-state index contributed by atoms with van der Waals surface area (Å²) in [6.45, 7) is 3.87. The molecule has 2 aliphatic rings. The second-order valence-electron chi connectivity index (χ2n) is 7.04. The van der Waals surface area contributed by atoms with Crippen LogP contribution in [-0.4, -0.2) is 26.5 Å². The number of hydrogen-bond acceptors (Lipinski definition) is 5. The van der Waals surface area contributed by atoms with E-state index < -0.39 is 0 Å². The minimum atomic E-state index is 0.166. The second-order valence-corrected chi connectivity index (χ2v) is 7.75. The minimum Gasteiger partial charge on any atom is -0.332 e. The molecule has 134 valence electrons. The first-order valence-electron chi connectivity index (χ1n) is 8.95. The van der Waals surface area contributed by atoms with Crippen LogP contribution in [0.4, 0.5) is 0 Å². The summed E-state index contributed by atoms with van der Waals surface area (Å²) in [4.78, 5) is 27.8. The lowest BCUT2D eigenvalue weighted by molar-refractivity contribution is -0.132. The first kappa shape index (κ1) is 16.3. The number of hydrogen-bond donors (Lipinski definition) is 0. The molecule has 0 saturated heterocycles. The Morgan fingerprint density at radius 2 is 2.07 bits per heavy atom. The maximum Gasteiger partial charge on any atom is 0.227 e. The van der Waals surface area contributed by atoms with Gasteiger partial charge in [-0.2, -0.15) is 0 Å². The molecule has 0 fully saturated rings. The number of aryl methyl sites for hydroxylation is 1. The predicted molar refractivity (Wildman–Crippen MR) is 105 cm³/mol. The van der Waals surface area contributed by atoms with Crippen LogP contribution in [0.2, 0.25) is 0 Å². The van der Waals surface area contributed by atoms with Gasteiger partial charge in [-0.1, -0.05) is 6.07 Å². The molecule has 0 unspecified atom stereocenters. The molecule has 0 aliphatic carbocycles. The Kier molecular flexibility index (Phi) is 3.86. The van der Waals surface area contributed by atoms with Crippen molar-refractivity contribution in [2.75, 3.05) is 0 Å². The number of benzene rings is 1. The molecular formula is C21H18N4OS. The van der Waals surface area contributed by atoms with E-state index in [1.807, 2.05) is 35.0 Å². The van der Waals surface area contributed by atoms with E-state index in [4.69, 9.17) is 4.99 Å². The molecule has 27 heavy (non-hydrogen) atoms. The number of rotatable bonds is 3. The van der Waals surface area contributed by atoms with Crippen LogP contribution >= 0.6 is 11.3 Å². The zero-order valence-electron chi connectivity index (χ0n) is 15.0. The van der Waals surface area contributed by atoms with Crippen LogP contribution in [0.5, 0.6) is 0 Å². The third kappa shape index (κ3) is 2.96. The molecule has 1 aromatic carbocycles. The highest BCUT2D eigenvalue weighted by Crippen LogP contribution is 2.30. The first-order valence-corrected chi connectivity index (χ1v) is 9.89. The third-order valence-electron chi connectivity index (χ3n) is 5.15. The van der Waals surface area contributed by atoms with Crippen LogP contribution in [0.1, 0.15) is 39.2 Å². The Morgan fingerprint density at radius 1 is 1.15 bits per heavy atom. The molecule has 0 spiro atoms. The summed E-state index contributed by atoms with van der Waals surface area (Å²) in [5, 5.41) is 2.00. The zero-order chi connectivity index (χ0) is 18.4.